The third kappa shape index (κ3) is 3.21. The summed E-state index contributed by atoms with van der Waals surface area (Å²) in [6.45, 7) is 13.0. The maximum atomic E-state index is 4.44. The van der Waals surface area contributed by atoms with Crippen molar-refractivity contribution in [2.45, 2.75) is 19.3 Å². The molecule has 0 bridgehead atoms. The predicted octanol–water partition coefficient (Wildman–Crippen LogP) is 9.74. The average molecular weight is 449 g/mol. The lowest BCUT2D eigenvalue weighted by Gasteiger charge is -2.24. The maximum absolute atomic E-state index is 4.44. The molecule has 0 unspecified atom stereocenters. The van der Waals surface area contributed by atoms with Crippen LogP contribution in [-0.2, 0) is 5.41 Å². The molecule has 0 nitrogen and oxygen atoms in total. The van der Waals surface area contributed by atoms with Crippen molar-refractivity contribution in [1.29, 1.82) is 0 Å². The normalized spacial score (nSPS) is 15.6. The van der Waals surface area contributed by atoms with Crippen LogP contribution in [0, 0.1) is 0 Å². The van der Waals surface area contributed by atoms with E-state index in [-0.39, 0.29) is 5.41 Å². The second-order valence-electron chi connectivity index (χ2n) is 9.92. The monoisotopic (exact) mass is 448 g/mol. The zero-order chi connectivity index (χ0) is 24.2. The Balaban J connectivity index is 1.58. The number of rotatable bonds is 3. The molecule has 0 atom stereocenters. The van der Waals surface area contributed by atoms with Crippen LogP contribution in [0.4, 0.5) is 0 Å². The van der Waals surface area contributed by atoms with Gasteiger partial charge >= 0.3 is 0 Å². The van der Waals surface area contributed by atoms with Crippen molar-refractivity contribution < 1.29 is 0 Å². The van der Waals surface area contributed by atoms with Gasteiger partial charge in [-0.2, -0.15) is 0 Å². The fourth-order valence-electron chi connectivity index (χ4n) is 5.95. The molecule has 0 saturated carbocycles. The largest absolute Gasteiger partial charge is 0.0991 e. The summed E-state index contributed by atoms with van der Waals surface area (Å²) >= 11 is 0. The Labute approximate surface area is 207 Å². The van der Waals surface area contributed by atoms with E-state index < -0.39 is 0 Å². The van der Waals surface area contributed by atoms with Gasteiger partial charge in [-0.15, -0.1) is 0 Å². The average Bonchev–Trinajstić information content (AvgIpc) is 3.09. The molecule has 6 rings (SSSR count). The molecule has 5 aromatic carbocycles. The molecule has 0 spiro atoms. The Bertz CT molecular complexity index is 1690. The molecule has 5 aromatic rings. The van der Waals surface area contributed by atoms with Gasteiger partial charge in [-0.25, -0.2) is 0 Å². The van der Waals surface area contributed by atoms with Crippen molar-refractivity contribution >= 4 is 27.1 Å². The van der Waals surface area contributed by atoms with Crippen molar-refractivity contribution in [3.63, 3.8) is 0 Å². The summed E-state index contributed by atoms with van der Waals surface area (Å²) in [5, 5.41) is 5.14. The predicted molar refractivity (Wildman–Crippen MR) is 153 cm³/mol. The van der Waals surface area contributed by atoms with E-state index in [0.717, 1.165) is 5.57 Å². The first-order valence-electron chi connectivity index (χ1n) is 12.2. The number of allylic oxidation sites excluding steroid dienone is 4. The Kier molecular flexibility index (Phi) is 4.86. The summed E-state index contributed by atoms with van der Waals surface area (Å²) in [4.78, 5) is 0. The van der Waals surface area contributed by atoms with Gasteiger partial charge in [0.2, 0.25) is 0 Å². The number of hydrogen-bond donors (Lipinski definition) is 0. The highest BCUT2D eigenvalue weighted by atomic mass is 14.4. The molecule has 0 fully saturated rings. The Morgan fingerprint density at radius 2 is 1.26 bits per heavy atom. The Morgan fingerprint density at radius 3 is 2.03 bits per heavy atom. The topological polar surface area (TPSA) is 0 Å². The standard InChI is InChI=1S/C35H28/c1-5-12-33-23(2)27-19-11-20-29(34(27)35(33,3)4)24-14-10-15-25(21-24)32-22-26-13-6-7-16-28(26)30-17-8-9-18-31(30)32/h5-22H,1-2H2,3-4H3/b33-12+. The zero-order valence-corrected chi connectivity index (χ0v) is 20.3. The third-order valence-corrected chi connectivity index (χ3v) is 7.55. The molecule has 0 N–H and O–H groups in total. The Hall–Kier alpha value is -4.16. The summed E-state index contributed by atoms with van der Waals surface area (Å²) in [6.07, 6.45) is 3.99. The zero-order valence-electron chi connectivity index (χ0n) is 20.3. The van der Waals surface area contributed by atoms with E-state index in [0.29, 0.717) is 0 Å². The van der Waals surface area contributed by atoms with Gasteiger partial charge in [-0.1, -0.05) is 124 Å². The molecular formula is C35H28. The van der Waals surface area contributed by atoms with E-state index in [4.69, 9.17) is 0 Å². The molecule has 168 valence electrons. The third-order valence-electron chi connectivity index (χ3n) is 7.55. The minimum absolute atomic E-state index is 0.136. The molecule has 0 aromatic heterocycles. The Morgan fingerprint density at radius 1 is 0.629 bits per heavy atom. The highest BCUT2D eigenvalue weighted by Gasteiger charge is 2.38. The SMILES string of the molecule is C=C/C=C1\C(=C)c2cccc(-c3cccc(-c4cc5ccccc5c5ccccc45)c3)c2C1(C)C. The fraction of sp³-hybridized carbons (Fsp3) is 0.0857. The molecule has 0 heteroatoms. The first-order chi connectivity index (χ1) is 17.0. The van der Waals surface area contributed by atoms with Gasteiger partial charge < -0.3 is 0 Å². The van der Waals surface area contributed by atoms with Crippen LogP contribution in [0.1, 0.15) is 25.0 Å². The van der Waals surface area contributed by atoms with Gasteiger partial charge in [0.25, 0.3) is 0 Å². The molecule has 0 saturated heterocycles. The summed E-state index contributed by atoms with van der Waals surface area (Å²) in [5.41, 5.74) is 9.80. The lowest BCUT2D eigenvalue weighted by atomic mass is 9.78. The van der Waals surface area contributed by atoms with Crippen LogP contribution < -0.4 is 0 Å². The van der Waals surface area contributed by atoms with Crippen molar-refractivity contribution in [3.8, 4) is 22.3 Å². The fourth-order valence-corrected chi connectivity index (χ4v) is 5.95. The van der Waals surface area contributed by atoms with E-state index in [9.17, 15) is 0 Å². The molecular weight excluding hydrogens is 420 g/mol. The number of hydrogen-bond acceptors (Lipinski definition) is 0. The highest BCUT2D eigenvalue weighted by molar-refractivity contribution is 6.13. The van der Waals surface area contributed by atoms with Gasteiger partial charge in [0.15, 0.2) is 0 Å². The van der Waals surface area contributed by atoms with Gasteiger partial charge in [0.05, 0.1) is 0 Å². The van der Waals surface area contributed by atoms with E-state index in [2.05, 4.69) is 130 Å². The van der Waals surface area contributed by atoms with Crippen molar-refractivity contribution in [2.75, 3.05) is 0 Å². The number of fused-ring (bicyclic) bond motifs is 4. The van der Waals surface area contributed by atoms with Crippen LogP contribution in [0.5, 0.6) is 0 Å². The molecule has 0 heterocycles. The molecule has 1 aliphatic rings. The number of benzene rings is 5. The lowest BCUT2D eigenvalue weighted by Crippen LogP contribution is -2.16. The second-order valence-corrected chi connectivity index (χ2v) is 9.92. The summed E-state index contributed by atoms with van der Waals surface area (Å²) < 4.78 is 0. The van der Waals surface area contributed by atoms with Crippen LogP contribution in [0.15, 0.2) is 128 Å². The van der Waals surface area contributed by atoms with Crippen LogP contribution in [-0.4, -0.2) is 0 Å². The van der Waals surface area contributed by atoms with E-state index in [1.54, 1.807) is 0 Å². The lowest BCUT2D eigenvalue weighted by molar-refractivity contribution is 0.663. The summed E-state index contributed by atoms with van der Waals surface area (Å²) in [6, 6.07) is 35.3. The molecule has 1 aliphatic carbocycles. The van der Waals surface area contributed by atoms with E-state index in [1.807, 2.05) is 6.08 Å². The summed E-state index contributed by atoms with van der Waals surface area (Å²) in [5.74, 6) is 0. The molecule has 0 aliphatic heterocycles. The van der Waals surface area contributed by atoms with Gasteiger partial charge in [0, 0.05) is 5.41 Å². The molecule has 35 heavy (non-hydrogen) atoms. The van der Waals surface area contributed by atoms with Crippen molar-refractivity contribution in [3.05, 3.63) is 139 Å². The van der Waals surface area contributed by atoms with Gasteiger partial charge in [-0.05, 0) is 78.2 Å². The minimum Gasteiger partial charge on any atom is -0.0991 e. The molecule has 0 radical (unpaired) electrons. The van der Waals surface area contributed by atoms with Crippen LogP contribution in [0.25, 0.3) is 49.4 Å². The highest BCUT2D eigenvalue weighted by Crippen LogP contribution is 2.52. The first kappa shape index (κ1) is 21.4. The minimum atomic E-state index is -0.136. The van der Waals surface area contributed by atoms with E-state index in [1.165, 1.54) is 60.5 Å². The van der Waals surface area contributed by atoms with Gasteiger partial charge in [-0.3, -0.25) is 0 Å². The van der Waals surface area contributed by atoms with Crippen LogP contribution in [0.3, 0.4) is 0 Å². The second kappa shape index (κ2) is 7.96. The van der Waals surface area contributed by atoms with Crippen LogP contribution >= 0.6 is 0 Å². The summed E-state index contributed by atoms with van der Waals surface area (Å²) in [7, 11) is 0. The first-order valence-corrected chi connectivity index (χ1v) is 12.2. The van der Waals surface area contributed by atoms with Crippen molar-refractivity contribution in [1.82, 2.24) is 0 Å². The molecule has 0 amide bonds. The smallest absolute Gasteiger partial charge is 0.0164 e. The maximum Gasteiger partial charge on any atom is 0.0164 e. The van der Waals surface area contributed by atoms with Crippen molar-refractivity contribution in [2.24, 2.45) is 0 Å². The quantitative estimate of drug-likeness (QED) is 0.241. The van der Waals surface area contributed by atoms with E-state index >= 15 is 0 Å². The van der Waals surface area contributed by atoms with Gasteiger partial charge in [0.1, 0.15) is 0 Å². The van der Waals surface area contributed by atoms with Crippen LogP contribution in [0.2, 0.25) is 0 Å².